The van der Waals surface area contributed by atoms with Crippen molar-refractivity contribution in [3.63, 3.8) is 0 Å². The van der Waals surface area contributed by atoms with Crippen molar-refractivity contribution >= 4 is 11.7 Å². The average Bonchev–Trinajstić information content (AvgIpc) is 2.84. The summed E-state index contributed by atoms with van der Waals surface area (Å²) >= 11 is 0. The molecule has 1 aliphatic rings. The van der Waals surface area contributed by atoms with Crippen molar-refractivity contribution in [2.24, 2.45) is 5.73 Å². The third-order valence-electron chi connectivity index (χ3n) is 3.28. The van der Waals surface area contributed by atoms with Gasteiger partial charge < -0.3 is 15.7 Å². The number of rotatable bonds is 5. The van der Waals surface area contributed by atoms with Crippen LogP contribution in [-0.4, -0.2) is 40.1 Å². The number of aliphatic hydroxyl groups is 1. The number of aromatic nitrogens is 2. The smallest absolute Gasteiger partial charge is 0.147 e. The Labute approximate surface area is 106 Å². The van der Waals surface area contributed by atoms with Crippen molar-refractivity contribution in [2.75, 3.05) is 18.1 Å². The Bertz CT molecular complexity index is 405. The first kappa shape index (κ1) is 12.8. The number of nitrogens with zero attached hydrogens (tertiary/aromatic N) is 3. The van der Waals surface area contributed by atoms with Gasteiger partial charge in [0.2, 0.25) is 0 Å². The number of nitrogens with two attached hydrogens (primary N) is 1. The number of nitrogen functional groups attached to an aromatic ring is 1. The molecule has 4 N–H and O–H groups in total. The van der Waals surface area contributed by atoms with E-state index in [1.165, 1.54) is 0 Å². The predicted molar refractivity (Wildman–Crippen MR) is 69.7 cm³/mol. The second-order valence-electron chi connectivity index (χ2n) is 4.53. The van der Waals surface area contributed by atoms with Crippen molar-refractivity contribution < 1.29 is 5.11 Å². The summed E-state index contributed by atoms with van der Waals surface area (Å²) in [6.07, 6.45) is 7.29. The number of nitrogens with one attached hydrogen (secondary N) is 1. The molecule has 0 bridgehead atoms. The van der Waals surface area contributed by atoms with E-state index < -0.39 is 0 Å². The van der Waals surface area contributed by atoms with Crippen LogP contribution in [0.15, 0.2) is 12.4 Å². The molecule has 0 saturated carbocycles. The van der Waals surface area contributed by atoms with E-state index in [1.807, 2.05) is 0 Å². The molecule has 2 rings (SSSR count). The van der Waals surface area contributed by atoms with E-state index in [0.717, 1.165) is 38.0 Å². The lowest BCUT2D eigenvalue weighted by molar-refractivity contribution is 0.279. The van der Waals surface area contributed by atoms with Crippen LogP contribution in [0.3, 0.4) is 0 Å². The Morgan fingerprint density at radius 3 is 2.94 bits per heavy atom. The minimum atomic E-state index is -0.0627. The SMILES string of the molecule is N=C(N)c1cnc(N2CCCC2CCCO)cn1. The van der Waals surface area contributed by atoms with Gasteiger partial charge in [0.05, 0.1) is 12.4 Å². The van der Waals surface area contributed by atoms with E-state index in [9.17, 15) is 0 Å². The molecular formula is C12H19N5O. The molecule has 98 valence electrons. The van der Waals surface area contributed by atoms with Crippen LogP contribution in [0.25, 0.3) is 0 Å². The summed E-state index contributed by atoms with van der Waals surface area (Å²) in [5, 5.41) is 16.2. The Morgan fingerprint density at radius 1 is 1.50 bits per heavy atom. The Balaban J connectivity index is 2.07. The van der Waals surface area contributed by atoms with Gasteiger partial charge in [-0.3, -0.25) is 5.41 Å². The third kappa shape index (κ3) is 2.76. The van der Waals surface area contributed by atoms with Crippen LogP contribution < -0.4 is 10.6 Å². The van der Waals surface area contributed by atoms with Crippen LogP contribution in [0.1, 0.15) is 31.4 Å². The molecule has 0 radical (unpaired) electrons. The molecule has 1 atom stereocenters. The predicted octanol–water partition coefficient (Wildman–Crippen LogP) is 0.502. The fraction of sp³-hybridized carbons (Fsp3) is 0.583. The average molecular weight is 249 g/mol. The standard InChI is InChI=1S/C12H19N5O/c13-12(14)10-7-16-11(8-15-10)17-5-1-3-9(17)4-2-6-18/h7-9,18H,1-6H2,(H3,13,14). The fourth-order valence-corrected chi connectivity index (χ4v) is 2.37. The molecule has 1 saturated heterocycles. The van der Waals surface area contributed by atoms with Gasteiger partial charge in [-0.1, -0.05) is 0 Å². The maximum atomic E-state index is 8.90. The van der Waals surface area contributed by atoms with E-state index in [2.05, 4.69) is 14.9 Å². The Morgan fingerprint density at radius 2 is 2.33 bits per heavy atom. The largest absolute Gasteiger partial charge is 0.396 e. The molecular weight excluding hydrogens is 230 g/mol. The van der Waals surface area contributed by atoms with Crippen LogP contribution in [0, 0.1) is 5.41 Å². The van der Waals surface area contributed by atoms with Crippen LogP contribution in [0.5, 0.6) is 0 Å². The zero-order chi connectivity index (χ0) is 13.0. The highest BCUT2D eigenvalue weighted by Gasteiger charge is 2.25. The van der Waals surface area contributed by atoms with Gasteiger partial charge in [0.1, 0.15) is 17.3 Å². The van der Waals surface area contributed by atoms with Crippen molar-refractivity contribution in [2.45, 2.75) is 31.7 Å². The minimum Gasteiger partial charge on any atom is -0.396 e. The number of aliphatic hydroxyl groups excluding tert-OH is 1. The molecule has 0 aliphatic carbocycles. The zero-order valence-corrected chi connectivity index (χ0v) is 10.3. The lowest BCUT2D eigenvalue weighted by atomic mass is 10.1. The number of hydrogen-bond acceptors (Lipinski definition) is 5. The van der Waals surface area contributed by atoms with Crippen molar-refractivity contribution in [3.8, 4) is 0 Å². The van der Waals surface area contributed by atoms with Crippen LogP contribution in [0.4, 0.5) is 5.82 Å². The van der Waals surface area contributed by atoms with Gasteiger partial charge in [0.25, 0.3) is 0 Å². The summed E-state index contributed by atoms with van der Waals surface area (Å²) in [6.45, 7) is 1.21. The highest BCUT2D eigenvalue weighted by Crippen LogP contribution is 2.25. The summed E-state index contributed by atoms with van der Waals surface area (Å²) in [6, 6.07) is 0.439. The topological polar surface area (TPSA) is 99.1 Å². The normalized spacial score (nSPS) is 19.2. The monoisotopic (exact) mass is 249 g/mol. The molecule has 1 aromatic rings. The first-order chi connectivity index (χ1) is 8.72. The third-order valence-corrected chi connectivity index (χ3v) is 3.28. The van der Waals surface area contributed by atoms with Crippen molar-refractivity contribution in [3.05, 3.63) is 18.1 Å². The zero-order valence-electron chi connectivity index (χ0n) is 10.3. The second kappa shape index (κ2) is 5.77. The lowest BCUT2D eigenvalue weighted by Gasteiger charge is -2.25. The molecule has 1 aliphatic heterocycles. The van der Waals surface area contributed by atoms with Gasteiger partial charge in [-0.15, -0.1) is 0 Å². The highest BCUT2D eigenvalue weighted by molar-refractivity contribution is 5.92. The highest BCUT2D eigenvalue weighted by atomic mass is 16.2. The maximum Gasteiger partial charge on any atom is 0.147 e. The minimum absolute atomic E-state index is 0.0627. The van der Waals surface area contributed by atoms with Gasteiger partial charge in [-0.2, -0.15) is 0 Å². The second-order valence-corrected chi connectivity index (χ2v) is 4.53. The van der Waals surface area contributed by atoms with E-state index in [-0.39, 0.29) is 12.4 Å². The fourth-order valence-electron chi connectivity index (χ4n) is 2.37. The quantitative estimate of drug-likeness (QED) is 0.521. The summed E-state index contributed by atoms with van der Waals surface area (Å²) in [7, 11) is 0. The molecule has 6 heteroatoms. The van der Waals surface area contributed by atoms with E-state index in [4.69, 9.17) is 16.2 Å². The van der Waals surface area contributed by atoms with Crippen LogP contribution >= 0.6 is 0 Å². The van der Waals surface area contributed by atoms with Gasteiger partial charge in [0, 0.05) is 19.2 Å². The summed E-state index contributed by atoms with van der Waals surface area (Å²) < 4.78 is 0. The Kier molecular flexibility index (Phi) is 4.09. The molecule has 0 spiro atoms. The van der Waals surface area contributed by atoms with Gasteiger partial charge in [-0.05, 0) is 25.7 Å². The first-order valence-electron chi connectivity index (χ1n) is 6.26. The van der Waals surface area contributed by atoms with Gasteiger partial charge >= 0.3 is 0 Å². The first-order valence-corrected chi connectivity index (χ1v) is 6.26. The van der Waals surface area contributed by atoms with Gasteiger partial charge in [-0.25, -0.2) is 9.97 Å². The number of hydrogen-bond donors (Lipinski definition) is 3. The van der Waals surface area contributed by atoms with Gasteiger partial charge in [0.15, 0.2) is 0 Å². The van der Waals surface area contributed by atoms with Crippen LogP contribution in [0.2, 0.25) is 0 Å². The van der Waals surface area contributed by atoms with E-state index in [1.54, 1.807) is 12.4 Å². The summed E-state index contributed by atoms with van der Waals surface area (Å²) in [4.78, 5) is 10.7. The van der Waals surface area contributed by atoms with Crippen LogP contribution in [-0.2, 0) is 0 Å². The number of amidine groups is 1. The molecule has 0 aromatic carbocycles. The van der Waals surface area contributed by atoms with E-state index >= 15 is 0 Å². The Hall–Kier alpha value is -1.69. The molecule has 1 unspecified atom stereocenters. The van der Waals surface area contributed by atoms with Crippen molar-refractivity contribution in [1.29, 1.82) is 5.41 Å². The lowest BCUT2D eigenvalue weighted by Crippen LogP contribution is -2.30. The maximum absolute atomic E-state index is 8.90. The summed E-state index contributed by atoms with van der Waals surface area (Å²) in [5.74, 6) is 0.771. The summed E-state index contributed by atoms with van der Waals surface area (Å²) in [5.41, 5.74) is 5.76. The number of anilines is 1. The molecule has 1 aromatic heterocycles. The molecule has 18 heavy (non-hydrogen) atoms. The van der Waals surface area contributed by atoms with E-state index in [0.29, 0.717) is 11.7 Å². The molecule has 6 nitrogen and oxygen atoms in total. The molecule has 0 amide bonds. The van der Waals surface area contributed by atoms with Crippen molar-refractivity contribution in [1.82, 2.24) is 9.97 Å². The molecule has 2 heterocycles. The molecule has 1 fully saturated rings.